The van der Waals surface area contributed by atoms with Crippen molar-refractivity contribution in [1.82, 2.24) is 5.32 Å². The second-order valence-electron chi connectivity index (χ2n) is 4.38. The Labute approximate surface area is 122 Å². The Morgan fingerprint density at radius 1 is 0.857 bits per heavy atom. The first kappa shape index (κ1) is 14.7. The molecule has 0 radical (unpaired) electrons. The number of aliphatic hydroxyl groups is 1. The highest BCUT2D eigenvalue weighted by atomic mass is 16.3. The molecule has 108 valence electrons. The van der Waals surface area contributed by atoms with Crippen molar-refractivity contribution in [3.63, 3.8) is 0 Å². The molecule has 0 aromatic heterocycles. The third-order valence-corrected chi connectivity index (χ3v) is 2.85. The summed E-state index contributed by atoms with van der Waals surface area (Å²) >= 11 is 0. The number of benzene rings is 2. The fraction of sp³-hybridized carbons (Fsp3) is 0.125. The summed E-state index contributed by atoms with van der Waals surface area (Å²) in [5, 5.41) is 13.4. The van der Waals surface area contributed by atoms with Crippen LogP contribution in [0.1, 0.15) is 0 Å². The largest absolute Gasteiger partial charge is 0.395 e. The predicted molar refractivity (Wildman–Crippen MR) is 80.6 cm³/mol. The summed E-state index contributed by atoms with van der Waals surface area (Å²) in [5.41, 5.74) is 2.65. The monoisotopic (exact) mass is 284 g/mol. The van der Waals surface area contributed by atoms with Crippen LogP contribution in [-0.2, 0) is 9.59 Å². The van der Waals surface area contributed by atoms with E-state index in [0.29, 0.717) is 5.69 Å². The first-order chi connectivity index (χ1) is 10.2. The number of hydrogen-bond acceptors (Lipinski definition) is 3. The van der Waals surface area contributed by atoms with Gasteiger partial charge in [-0.25, -0.2) is 0 Å². The number of amides is 2. The van der Waals surface area contributed by atoms with Crippen molar-refractivity contribution in [1.29, 1.82) is 0 Å². The number of carbonyl (C=O) groups excluding carboxylic acids is 2. The molecule has 0 bridgehead atoms. The molecule has 2 rings (SSSR count). The zero-order valence-electron chi connectivity index (χ0n) is 11.4. The molecule has 2 amide bonds. The minimum atomic E-state index is -0.767. The van der Waals surface area contributed by atoms with Crippen molar-refractivity contribution in [2.24, 2.45) is 0 Å². The van der Waals surface area contributed by atoms with Crippen LogP contribution in [0.25, 0.3) is 11.1 Å². The quantitative estimate of drug-likeness (QED) is 0.743. The van der Waals surface area contributed by atoms with E-state index in [1.54, 1.807) is 12.1 Å². The van der Waals surface area contributed by atoms with Gasteiger partial charge in [0.05, 0.1) is 6.61 Å². The average molecular weight is 284 g/mol. The smallest absolute Gasteiger partial charge is 0.313 e. The molecule has 0 heterocycles. The highest BCUT2D eigenvalue weighted by Gasteiger charge is 2.12. The van der Waals surface area contributed by atoms with E-state index < -0.39 is 11.8 Å². The lowest BCUT2D eigenvalue weighted by Gasteiger charge is -2.07. The first-order valence-electron chi connectivity index (χ1n) is 6.56. The van der Waals surface area contributed by atoms with Gasteiger partial charge in [0.2, 0.25) is 0 Å². The minimum absolute atomic E-state index is 0.0548. The highest BCUT2D eigenvalue weighted by molar-refractivity contribution is 6.39. The van der Waals surface area contributed by atoms with Crippen LogP contribution < -0.4 is 10.6 Å². The van der Waals surface area contributed by atoms with E-state index in [-0.39, 0.29) is 13.2 Å². The summed E-state index contributed by atoms with van der Waals surface area (Å²) in [7, 11) is 0. The number of hydrogen-bond donors (Lipinski definition) is 3. The van der Waals surface area contributed by atoms with Gasteiger partial charge in [-0.15, -0.1) is 0 Å². The van der Waals surface area contributed by atoms with Crippen LogP contribution in [-0.4, -0.2) is 30.1 Å². The van der Waals surface area contributed by atoms with E-state index in [2.05, 4.69) is 10.6 Å². The van der Waals surface area contributed by atoms with Crippen molar-refractivity contribution >= 4 is 17.5 Å². The lowest BCUT2D eigenvalue weighted by molar-refractivity contribution is -0.136. The molecule has 0 atom stereocenters. The molecule has 5 nitrogen and oxygen atoms in total. The fourth-order valence-corrected chi connectivity index (χ4v) is 1.81. The van der Waals surface area contributed by atoms with Crippen LogP contribution in [0.4, 0.5) is 5.69 Å². The molecule has 2 aromatic carbocycles. The second kappa shape index (κ2) is 7.21. The number of aliphatic hydroxyl groups excluding tert-OH is 1. The lowest BCUT2D eigenvalue weighted by atomic mass is 10.1. The standard InChI is InChI=1S/C16H16N2O3/c19-11-10-17-15(20)16(21)18-14-8-6-13(7-9-14)12-4-2-1-3-5-12/h1-9,19H,10-11H2,(H,17,20)(H,18,21). The van der Waals surface area contributed by atoms with Crippen LogP contribution >= 0.6 is 0 Å². The molecule has 0 fully saturated rings. The van der Waals surface area contributed by atoms with E-state index in [1.807, 2.05) is 42.5 Å². The number of nitrogens with one attached hydrogen (secondary N) is 2. The molecular formula is C16H16N2O3. The van der Waals surface area contributed by atoms with Gasteiger partial charge >= 0.3 is 11.8 Å². The Kier molecular flexibility index (Phi) is 5.06. The molecular weight excluding hydrogens is 268 g/mol. The Morgan fingerprint density at radius 3 is 2.10 bits per heavy atom. The maximum absolute atomic E-state index is 11.6. The summed E-state index contributed by atoms with van der Waals surface area (Å²) in [6.45, 7) is -0.149. The van der Waals surface area contributed by atoms with Gasteiger partial charge < -0.3 is 15.7 Å². The molecule has 2 aromatic rings. The molecule has 0 aliphatic carbocycles. The van der Waals surface area contributed by atoms with E-state index >= 15 is 0 Å². The summed E-state index contributed by atoms with van der Waals surface area (Å²) < 4.78 is 0. The predicted octanol–water partition coefficient (Wildman–Crippen LogP) is 1.40. The average Bonchev–Trinajstić information content (AvgIpc) is 2.54. The number of anilines is 1. The van der Waals surface area contributed by atoms with E-state index in [4.69, 9.17) is 5.11 Å². The minimum Gasteiger partial charge on any atom is -0.395 e. The Balaban J connectivity index is 2.00. The van der Waals surface area contributed by atoms with Crippen molar-refractivity contribution in [2.45, 2.75) is 0 Å². The van der Waals surface area contributed by atoms with Gasteiger partial charge in [0.1, 0.15) is 0 Å². The van der Waals surface area contributed by atoms with Crippen LogP contribution in [0.2, 0.25) is 0 Å². The Morgan fingerprint density at radius 2 is 1.48 bits per heavy atom. The summed E-state index contributed by atoms with van der Waals surface area (Å²) in [5.74, 6) is -1.52. The van der Waals surface area contributed by atoms with E-state index in [9.17, 15) is 9.59 Å². The molecule has 21 heavy (non-hydrogen) atoms. The molecule has 0 unspecified atom stereocenters. The summed E-state index contributed by atoms with van der Waals surface area (Å²) in [4.78, 5) is 22.9. The summed E-state index contributed by atoms with van der Waals surface area (Å²) in [6, 6.07) is 17.1. The molecule has 0 aliphatic rings. The van der Waals surface area contributed by atoms with Gasteiger partial charge in [0.25, 0.3) is 0 Å². The molecule has 0 aliphatic heterocycles. The first-order valence-corrected chi connectivity index (χ1v) is 6.56. The van der Waals surface area contributed by atoms with Crippen LogP contribution in [0.5, 0.6) is 0 Å². The Bertz CT molecular complexity index is 609. The normalized spacial score (nSPS) is 9.95. The Hall–Kier alpha value is -2.66. The maximum atomic E-state index is 11.6. The van der Waals surface area contributed by atoms with Gasteiger partial charge in [-0.2, -0.15) is 0 Å². The topological polar surface area (TPSA) is 78.4 Å². The number of carbonyl (C=O) groups is 2. The third-order valence-electron chi connectivity index (χ3n) is 2.85. The van der Waals surface area contributed by atoms with Crippen molar-refractivity contribution < 1.29 is 14.7 Å². The van der Waals surface area contributed by atoms with Gasteiger partial charge in [-0.1, -0.05) is 42.5 Å². The highest BCUT2D eigenvalue weighted by Crippen LogP contribution is 2.20. The van der Waals surface area contributed by atoms with Gasteiger partial charge in [-0.3, -0.25) is 9.59 Å². The van der Waals surface area contributed by atoms with Crippen molar-refractivity contribution in [2.75, 3.05) is 18.5 Å². The van der Waals surface area contributed by atoms with E-state index in [0.717, 1.165) is 11.1 Å². The fourth-order valence-electron chi connectivity index (χ4n) is 1.81. The second-order valence-corrected chi connectivity index (χ2v) is 4.38. The third kappa shape index (κ3) is 4.15. The zero-order chi connectivity index (χ0) is 15.1. The molecule has 0 saturated heterocycles. The van der Waals surface area contributed by atoms with Crippen LogP contribution in [0.15, 0.2) is 54.6 Å². The SMILES string of the molecule is O=C(NCCO)C(=O)Nc1ccc(-c2ccccc2)cc1. The van der Waals surface area contributed by atoms with Gasteiger partial charge in [0.15, 0.2) is 0 Å². The van der Waals surface area contributed by atoms with E-state index in [1.165, 1.54) is 0 Å². The van der Waals surface area contributed by atoms with Crippen LogP contribution in [0.3, 0.4) is 0 Å². The van der Waals surface area contributed by atoms with Crippen LogP contribution in [0, 0.1) is 0 Å². The summed E-state index contributed by atoms with van der Waals surface area (Å²) in [6.07, 6.45) is 0. The van der Waals surface area contributed by atoms with Gasteiger partial charge in [0, 0.05) is 12.2 Å². The molecule has 3 N–H and O–H groups in total. The molecule has 0 spiro atoms. The van der Waals surface area contributed by atoms with Gasteiger partial charge in [-0.05, 0) is 23.3 Å². The van der Waals surface area contributed by atoms with Crippen molar-refractivity contribution in [3.8, 4) is 11.1 Å². The number of rotatable bonds is 4. The maximum Gasteiger partial charge on any atom is 0.313 e. The molecule has 0 saturated carbocycles. The zero-order valence-corrected chi connectivity index (χ0v) is 11.4. The molecule has 5 heteroatoms. The van der Waals surface area contributed by atoms with Crippen molar-refractivity contribution in [3.05, 3.63) is 54.6 Å². The lowest BCUT2D eigenvalue weighted by Crippen LogP contribution is -2.36.